The Morgan fingerprint density at radius 2 is 1.96 bits per heavy atom. The summed E-state index contributed by atoms with van der Waals surface area (Å²) >= 11 is 0. The molecular formula is C20H31NO5. The largest absolute Gasteiger partial charge is 0.497 e. The van der Waals surface area contributed by atoms with E-state index in [-0.39, 0.29) is 40.7 Å². The first-order valence-electron chi connectivity index (χ1n) is 8.83. The summed E-state index contributed by atoms with van der Waals surface area (Å²) in [5.74, 6) is 0.665. The highest BCUT2D eigenvalue weighted by Gasteiger charge is 2.21. The molecule has 0 aromatic heterocycles. The second-order valence-electron chi connectivity index (χ2n) is 7.82. The maximum Gasteiger partial charge on any atom is 0.167 e. The van der Waals surface area contributed by atoms with Gasteiger partial charge in [-0.25, -0.2) is 0 Å². The number of Topliss-reactive ketones (excluding diaryl/α,β-unsaturated/α-hetero) is 1. The smallest absolute Gasteiger partial charge is 0.167 e. The summed E-state index contributed by atoms with van der Waals surface area (Å²) in [6, 6.07) is 3.09. The summed E-state index contributed by atoms with van der Waals surface area (Å²) < 4.78 is 10.9. The molecule has 1 aromatic carbocycles. The van der Waals surface area contributed by atoms with E-state index in [0.717, 1.165) is 0 Å². The maximum absolute atomic E-state index is 12.6. The van der Waals surface area contributed by atoms with Gasteiger partial charge in [0.1, 0.15) is 24.2 Å². The monoisotopic (exact) mass is 365 g/mol. The van der Waals surface area contributed by atoms with Crippen molar-refractivity contribution < 1.29 is 24.2 Å². The van der Waals surface area contributed by atoms with Gasteiger partial charge in [0.15, 0.2) is 12.1 Å². The minimum absolute atomic E-state index is 0.00347. The van der Waals surface area contributed by atoms with Gasteiger partial charge >= 0.3 is 0 Å². The fraction of sp³-hybridized carbons (Fsp3) is 0.600. The minimum Gasteiger partial charge on any atom is -0.497 e. The topological polar surface area (TPSA) is 84.9 Å². The number of carbonyl (C=O) groups excluding carboxylic acids is 2. The number of aldehydes is 1. The van der Waals surface area contributed by atoms with Crippen molar-refractivity contribution in [2.75, 3.05) is 20.3 Å². The van der Waals surface area contributed by atoms with Crippen molar-refractivity contribution in [1.29, 1.82) is 0 Å². The first kappa shape index (κ1) is 22.1. The van der Waals surface area contributed by atoms with Crippen LogP contribution >= 0.6 is 0 Å². The highest BCUT2D eigenvalue weighted by molar-refractivity contribution is 6.05. The van der Waals surface area contributed by atoms with Crippen LogP contribution in [0.25, 0.3) is 0 Å². The molecule has 146 valence electrons. The van der Waals surface area contributed by atoms with Crippen LogP contribution in [0.1, 0.15) is 61.8 Å². The second-order valence-corrected chi connectivity index (χ2v) is 7.82. The summed E-state index contributed by atoms with van der Waals surface area (Å²) in [5, 5.41) is 13.3. The fourth-order valence-electron chi connectivity index (χ4n) is 2.38. The number of nitrogens with one attached hydrogen (secondary N) is 1. The van der Waals surface area contributed by atoms with Crippen LogP contribution in [0.15, 0.2) is 12.1 Å². The Bertz CT molecular complexity index is 619. The van der Waals surface area contributed by atoms with Crippen LogP contribution in [0, 0.1) is 5.92 Å². The predicted octanol–water partition coefficient (Wildman–Crippen LogP) is 2.86. The van der Waals surface area contributed by atoms with E-state index in [1.54, 1.807) is 6.07 Å². The number of methoxy groups -OCH3 is 1. The number of β-amino-alcohol motifs (C(OH)–C–C–N with tert-alkyl or cyclic N) is 1. The molecule has 26 heavy (non-hydrogen) atoms. The standard InChI is InChI=1S/C20H31NO5/c1-13(2)7-17(24)19-14(11-22)8-16(25-6)9-18(19)26-12-15(23)10-21-20(3,4)5/h8-9,11,13,15,21,23H,7,10,12H2,1-6H3/t15-/m1/s1. The molecule has 1 atom stereocenters. The van der Waals surface area contributed by atoms with Crippen LogP contribution in [0.2, 0.25) is 0 Å². The number of ketones is 1. The fourth-order valence-corrected chi connectivity index (χ4v) is 2.38. The zero-order valence-corrected chi connectivity index (χ0v) is 16.6. The highest BCUT2D eigenvalue weighted by atomic mass is 16.5. The number of rotatable bonds is 10. The summed E-state index contributed by atoms with van der Waals surface area (Å²) in [5.41, 5.74) is 0.345. The van der Waals surface area contributed by atoms with E-state index in [9.17, 15) is 14.7 Å². The van der Waals surface area contributed by atoms with Crippen LogP contribution in [0.4, 0.5) is 0 Å². The number of carbonyl (C=O) groups is 2. The Labute approximate surface area is 155 Å². The van der Waals surface area contributed by atoms with Gasteiger partial charge in [-0.3, -0.25) is 9.59 Å². The van der Waals surface area contributed by atoms with E-state index >= 15 is 0 Å². The molecule has 0 aliphatic heterocycles. The van der Waals surface area contributed by atoms with Gasteiger partial charge in [-0.05, 0) is 32.8 Å². The first-order valence-corrected chi connectivity index (χ1v) is 8.83. The Hall–Kier alpha value is -1.92. The van der Waals surface area contributed by atoms with Gasteiger partial charge in [-0.1, -0.05) is 13.8 Å². The van der Waals surface area contributed by atoms with Crippen molar-refractivity contribution >= 4 is 12.1 Å². The molecule has 0 fully saturated rings. The van der Waals surface area contributed by atoms with Gasteiger partial charge in [-0.15, -0.1) is 0 Å². The van der Waals surface area contributed by atoms with Crippen molar-refractivity contribution in [3.63, 3.8) is 0 Å². The Morgan fingerprint density at radius 1 is 1.31 bits per heavy atom. The average Bonchev–Trinajstić information content (AvgIpc) is 2.55. The molecule has 1 aromatic rings. The lowest BCUT2D eigenvalue weighted by Gasteiger charge is -2.23. The summed E-state index contributed by atoms with van der Waals surface area (Å²) in [6.07, 6.45) is 0.172. The number of aliphatic hydroxyl groups is 1. The highest BCUT2D eigenvalue weighted by Crippen LogP contribution is 2.30. The van der Waals surface area contributed by atoms with Gasteiger partial charge in [0.25, 0.3) is 0 Å². The molecule has 6 nitrogen and oxygen atoms in total. The number of ether oxygens (including phenoxy) is 2. The Kier molecular flexibility index (Phi) is 8.24. The van der Waals surface area contributed by atoms with E-state index in [1.165, 1.54) is 13.2 Å². The Balaban J connectivity index is 3.03. The molecule has 0 heterocycles. The molecular weight excluding hydrogens is 334 g/mol. The van der Waals surface area contributed by atoms with Gasteiger partial charge in [-0.2, -0.15) is 0 Å². The number of aliphatic hydroxyl groups excluding tert-OH is 1. The molecule has 0 radical (unpaired) electrons. The molecule has 0 unspecified atom stereocenters. The van der Waals surface area contributed by atoms with Crippen molar-refractivity contribution in [2.24, 2.45) is 5.92 Å². The van der Waals surface area contributed by atoms with Crippen LogP contribution in [0.5, 0.6) is 11.5 Å². The summed E-state index contributed by atoms with van der Waals surface area (Å²) in [7, 11) is 1.48. The number of hydrogen-bond acceptors (Lipinski definition) is 6. The van der Waals surface area contributed by atoms with E-state index in [0.29, 0.717) is 25.0 Å². The lowest BCUT2D eigenvalue weighted by atomic mass is 9.96. The quantitative estimate of drug-likeness (QED) is 0.490. The van der Waals surface area contributed by atoms with E-state index < -0.39 is 6.10 Å². The normalized spacial score (nSPS) is 12.8. The third-order valence-corrected chi connectivity index (χ3v) is 3.64. The molecule has 0 aliphatic rings. The summed E-state index contributed by atoms with van der Waals surface area (Å²) in [4.78, 5) is 24.1. The third kappa shape index (κ3) is 7.14. The first-order chi connectivity index (χ1) is 12.1. The molecule has 0 saturated heterocycles. The van der Waals surface area contributed by atoms with E-state index in [1.807, 2.05) is 34.6 Å². The average molecular weight is 365 g/mol. The second kappa shape index (κ2) is 9.69. The minimum atomic E-state index is -0.756. The molecule has 2 N–H and O–H groups in total. The van der Waals surface area contributed by atoms with Crippen LogP contribution in [-0.4, -0.2) is 49.1 Å². The van der Waals surface area contributed by atoms with Gasteiger partial charge in [0.05, 0.1) is 12.7 Å². The lowest BCUT2D eigenvalue weighted by Crippen LogP contribution is -2.42. The molecule has 0 saturated carbocycles. The van der Waals surface area contributed by atoms with Gasteiger partial charge < -0.3 is 19.9 Å². The molecule has 0 bridgehead atoms. The molecule has 0 aliphatic carbocycles. The van der Waals surface area contributed by atoms with Crippen LogP contribution in [0.3, 0.4) is 0 Å². The molecule has 0 spiro atoms. The molecule has 6 heteroatoms. The van der Waals surface area contributed by atoms with E-state index in [2.05, 4.69) is 5.32 Å². The van der Waals surface area contributed by atoms with Crippen molar-refractivity contribution in [1.82, 2.24) is 5.32 Å². The van der Waals surface area contributed by atoms with Crippen molar-refractivity contribution in [2.45, 2.75) is 52.7 Å². The maximum atomic E-state index is 12.6. The van der Waals surface area contributed by atoms with Gasteiger partial charge in [0.2, 0.25) is 0 Å². The van der Waals surface area contributed by atoms with Crippen LogP contribution < -0.4 is 14.8 Å². The Morgan fingerprint density at radius 3 is 2.46 bits per heavy atom. The molecule has 0 amide bonds. The molecule has 1 rings (SSSR count). The predicted molar refractivity (Wildman–Crippen MR) is 101 cm³/mol. The van der Waals surface area contributed by atoms with Crippen molar-refractivity contribution in [3.8, 4) is 11.5 Å². The van der Waals surface area contributed by atoms with E-state index in [4.69, 9.17) is 9.47 Å². The van der Waals surface area contributed by atoms with Crippen molar-refractivity contribution in [3.05, 3.63) is 23.3 Å². The lowest BCUT2D eigenvalue weighted by molar-refractivity contribution is 0.0917. The number of hydrogen-bond donors (Lipinski definition) is 2. The van der Waals surface area contributed by atoms with Gasteiger partial charge in [0, 0.05) is 30.1 Å². The number of benzene rings is 1. The zero-order valence-electron chi connectivity index (χ0n) is 16.6. The zero-order chi connectivity index (χ0) is 19.9. The third-order valence-electron chi connectivity index (χ3n) is 3.64. The van der Waals surface area contributed by atoms with Crippen LogP contribution in [-0.2, 0) is 0 Å². The summed E-state index contributed by atoms with van der Waals surface area (Å²) in [6.45, 7) is 10.2. The SMILES string of the molecule is COc1cc(C=O)c(C(=O)CC(C)C)c(OC[C@H](O)CNC(C)(C)C)c1.